The topological polar surface area (TPSA) is 26.0 Å². The minimum absolute atomic E-state index is 0.725. The number of halogens is 2. The molecule has 1 aromatic carbocycles. The average Bonchev–Trinajstić information content (AvgIpc) is 2.23. The van der Waals surface area contributed by atoms with Crippen molar-refractivity contribution in [3.63, 3.8) is 0 Å². The molecule has 0 aliphatic heterocycles. The predicted octanol–water partition coefficient (Wildman–Crippen LogP) is 3.84. The lowest BCUT2D eigenvalue weighted by Gasteiger charge is -2.10. The van der Waals surface area contributed by atoms with Crippen molar-refractivity contribution in [1.29, 1.82) is 0 Å². The molecule has 1 rings (SSSR count). The molecule has 0 atom stereocenters. The Kier molecular flexibility index (Phi) is 5.44. The third-order valence-corrected chi connectivity index (χ3v) is 3.35. The molecule has 0 fully saturated rings. The molecule has 0 saturated heterocycles. The monoisotopic (exact) mass is 245 g/mol. The zero-order chi connectivity index (χ0) is 11.3. The maximum Gasteiger partial charge on any atom is 0.0484 e. The van der Waals surface area contributed by atoms with Gasteiger partial charge in [-0.2, -0.15) is 0 Å². The Morgan fingerprint density at radius 1 is 1.20 bits per heavy atom. The molecule has 0 radical (unpaired) electrons. The Balaban J connectivity index is 2.84. The van der Waals surface area contributed by atoms with Gasteiger partial charge in [0, 0.05) is 10.0 Å². The van der Waals surface area contributed by atoms with Crippen molar-refractivity contribution < 1.29 is 0 Å². The van der Waals surface area contributed by atoms with Crippen LogP contribution in [0, 0.1) is 0 Å². The van der Waals surface area contributed by atoms with E-state index >= 15 is 0 Å². The van der Waals surface area contributed by atoms with Crippen molar-refractivity contribution in [3.8, 4) is 0 Å². The molecule has 0 spiro atoms. The first-order valence-electron chi connectivity index (χ1n) is 5.36. The lowest BCUT2D eigenvalue weighted by molar-refractivity contribution is 0.744. The highest BCUT2D eigenvalue weighted by Gasteiger charge is 2.08. The van der Waals surface area contributed by atoms with Gasteiger partial charge in [-0.1, -0.05) is 36.2 Å². The SMILES string of the molecule is CCc1ccc(Cl)c(CCCCN)c1Cl. The Bertz CT molecular complexity index is 324. The van der Waals surface area contributed by atoms with Crippen LogP contribution in [0.25, 0.3) is 0 Å². The largest absolute Gasteiger partial charge is 0.330 e. The zero-order valence-corrected chi connectivity index (χ0v) is 10.5. The summed E-state index contributed by atoms with van der Waals surface area (Å²) in [5, 5.41) is 1.61. The van der Waals surface area contributed by atoms with E-state index in [-0.39, 0.29) is 0 Å². The second-order valence-electron chi connectivity index (χ2n) is 3.60. The van der Waals surface area contributed by atoms with E-state index in [1.54, 1.807) is 0 Å². The molecule has 3 heteroatoms. The van der Waals surface area contributed by atoms with Gasteiger partial charge in [-0.3, -0.25) is 0 Å². The smallest absolute Gasteiger partial charge is 0.0484 e. The van der Waals surface area contributed by atoms with Crippen molar-refractivity contribution in [1.82, 2.24) is 0 Å². The third-order valence-electron chi connectivity index (χ3n) is 2.53. The molecule has 2 N–H and O–H groups in total. The molecule has 15 heavy (non-hydrogen) atoms. The second-order valence-corrected chi connectivity index (χ2v) is 4.38. The number of hydrogen-bond acceptors (Lipinski definition) is 1. The minimum atomic E-state index is 0.725. The van der Waals surface area contributed by atoms with Crippen LogP contribution < -0.4 is 5.73 Å². The summed E-state index contributed by atoms with van der Waals surface area (Å²) in [5.41, 5.74) is 7.70. The van der Waals surface area contributed by atoms with Crippen LogP contribution in [-0.4, -0.2) is 6.54 Å². The first kappa shape index (κ1) is 12.8. The summed E-state index contributed by atoms with van der Waals surface area (Å²) in [6.45, 7) is 2.82. The Hall–Kier alpha value is -0.240. The standard InChI is InChI=1S/C12H17Cl2N/c1-2-9-6-7-11(13)10(12(9)14)5-3-4-8-15/h6-7H,2-5,8,15H2,1H3. The molecule has 1 aromatic rings. The highest BCUT2D eigenvalue weighted by atomic mass is 35.5. The van der Waals surface area contributed by atoms with Crippen LogP contribution in [0.2, 0.25) is 10.0 Å². The molecule has 84 valence electrons. The van der Waals surface area contributed by atoms with Crippen LogP contribution in [0.1, 0.15) is 30.9 Å². The molecule has 0 bridgehead atoms. The molecule has 0 unspecified atom stereocenters. The van der Waals surface area contributed by atoms with E-state index in [0.717, 1.165) is 47.8 Å². The fourth-order valence-electron chi connectivity index (χ4n) is 1.59. The van der Waals surface area contributed by atoms with Crippen LogP contribution in [-0.2, 0) is 12.8 Å². The van der Waals surface area contributed by atoms with Crippen LogP contribution in [0.3, 0.4) is 0 Å². The van der Waals surface area contributed by atoms with E-state index in [1.165, 1.54) is 5.56 Å². The van der Waals surface area contributed by atoms with Crippen molar-refractivity contribution in [3.05, 3.63) is 33.3 Å². The fourth-order valence-corrected chi connectivity index (χ4v) is 2.29. The summed E-state index contributed by atoms with van der Waals surface area (Å²) in [5.74, 6) is 0. The number of nitrogens with two attached hydrogens (primary N) is 1. The van der Waals surface area contributed by atoms with Crippen molar-refractivity contribution >= 4 is 23.2 Å². The molecule has 0 saturated carbocycles. The first-order valence-corrected chi connectivity index (χ1v) is 6.12. The quantitative estimate of drug-likeness (QED) is 0.785. The summed E-state index contributed by atoms with van der Waals surface area (Å²) >= 11 is 12.4. The Morgan fingerprint density at radius 2 is 1.93 bits per heavy atom. The summed E-state index contributed by atoms with van der Waals surface area (Å²) in [6.07, 6.45) is 3.93. The second kappa shape index (κ2) is 6.37. The minimum Gasteiger partial charge on any atom is -0.330 e. The predicted molar refractivity (Wildman–Crippen MR) is 67.8 cm³/mol. The van der Waals surface area contributed by atoms with Gasteiger partial charge in [0.05, 0.1) is 0 Å². The fraction of sp³-hybridized carbons (Fsp3) is 0.500. The summed E-state index contributed by atoms with van der Waals surface area (Å²) in [7, 11) is 0. The maximum absolute atomic E-state index is 6.28. The van der Waals surface area contributed by atoms with Crippen LogP contribution in [0.15, 0.2) is 12.1 Å². The van der Waals surface area contributed by atoms with Crippen LogP contribution >= 0.6 is 23.2 Å². The van der Waals surface area contributed by atoms with Gasteiger partial charge in [-0.15, -0.1) is 0 Å². The summed E-state index contributed by atoms with van der Waals surface area (Å²) < 4.78 is 0. The summed E-state index contributed by atoms with van der Waals surface area (Å²) in [4.78, 5) is 0. The third kappa shape index (κ3) is 3.37. The highest BCUT2D eigenvalue weighted by Crippen LogP contribution is 2.29. The van der Waals surface area contributed by atoms with Crippen molar-refractivity contribution in [2.75, 3.05) is 6.54 Å². The molecule has 0 aliphatic rings. The lowest BCUT2D eigenvalue weighted by Crippen LogP contribution is -2.00. The molecular formula is C12H17Cl2N. The normalized spacial score (nSPS) is 10.7. The Morgan fingerprint density at radius 3 is 2.53 bits per heavy atom. The van der Waals surface area contributed by atoms with Gasteiger partial charge in [0.15, 0.2) is 0 Å². The van der Waals surface area contributed by atoms with E-state index in [4.69, 9.17) is 28.9 Å². The van der Waals surface area contributed by atoms with Gasteiger partial charge in [-0.05, 0) is 49.4 Å². The van der Waals surface area contributed by atoms with E-state index in [2.05, 4.69) is 6.92 Å². The van der Waals surface area contributed by atoms with Gasteiger partial charge in [0.2, 0.25) is 0 Å². The maximum atomic E-state index is 6.28. The number of benzene rings is 1. The van der Waals surface area contributed by atoms with Crippen molar-refractivity contribution in [2.45, 2.75) is 32.6 Å². The number of hydrogen-bond donors (Lipinski definition) is 1. The molecule has 0 aromatic heterocycles. The molecule has 1 nitrogen and oxygen atoms in total. The Labute approximate surface area is 102 Å². The van der Waals surface area contributed by atoms with Crippen molar-refractivity contribution in [2.24, 2.45) is 5.73 Å². The lowest BCUT2D eigenvalue weighted by atomic mass is 10.0. The molecule has 0 heterocycles. The molecule has 0 amide bonds. The van der Waals surface area contributed by atoms with Gasteiger partial charge in [-0.25, -0.2) is 0 Å². The number of unbranched alkanes of at least 4 members (excludes halogenated alkanes) is 1. The first-order chi connectivity index (χ1) is 7.20. The van der Waals surface area contributed by atoms with Gasteiger partial charge >= 0.3 is 0 Å². The van der Waals surface area contributed by atoms with Crippen LogP contribution in [0.4, 0.5) is 0 Å². The van der Waals surface area contributed by atoms with Gasteiger partial charge < -0.3 is 5.73 Å². The van der Waals surface area contributed by atoms with E-state index < -0.39 is 0 Å². The van der Waals surface area contributed by atoms with Crippen LogP contribution in [0.5, 0.6) is 0 Å². The van der Waals surface area contributed by atoms with Gasteiger partial charge in [0.25, 0.3) is 0 Å². The average molecular weight is 246 g/mol. The zero-order valence-electron chi connectivity index (χ0n) is 9.02. The van der Waals surface area contributed by atoms with Gasteiger partial charge in [0.1, 0.15) is 0 Å². The molecule has 0 aliphatic carbocycles. The van der Waals surface area contributed by atoms with E-state index in [1.807, 2.05) is 12.1 Å². The molecular weight excluding hydrogens is 229 g/mol. The van der Waals surface area contributed by atoms with E-state index in [9.17, 15) is 0 Å². The number of rotatable bonds is 5. The summed E-state index contributed by atoms with van der Waals surface area (Å²) in [6, 6.07) is 3.93. The van der Waals surface area contributed by atoms with E-state index in [0.29, 0.717) is 0 Å². The highest BCUT2D eigenvalue weighted by molar-refractivity contribution is 6.36. The number of aryl methyl sites for hydroxylation is 1.